The summed E-state index contributed by atoms with van der Waals surface area (Å²) in [6.07, 6.45) is 5.76. The highest BCUT2D eigenvalue weighted by Crippen LogP contribution is 2.21. The van der Waals surface area contributed by atoms with Crippen molar-refractivity contribution in [3.8, 4) is 0 Å². The van der Waals surface area contributed by atoms with Gasteiger partial charge in [-0.3, -0.25) is 0 Å². The van der Waals surface area contributed by atoms with Gasteiger partial charge in [-0.2, -0.15) is 0 Å². The molecule has 118 valence electrons. The molecule has 0 spiro atoms. The van der Waals surface area contributed by atoms with Crippen LogP contribution in [-0.2, 0) is 10.0 Å². The number of hydrogen-bond donors (Lipinski definition) is 2. The summed E-state index contributed by atoms with van der Waals surface area (Å²) in [7, 11) is -3.63. The molecule has 1 aromatic heterocycles. The van der Waals surface area contributed by atoms with Crippen molar-refractivity contribution in [1.29, 1.82) is 0 Å². The molecule has 0 bridgehead atoms. The van der Waals surface area contributed by atoms with Crippen LogP contribution in [0.25, 0.3) is 0 Å². The van der Waals surface area contributed by atoms with Crippen molar-refractivity contribution in [3.05, 3.63) is 12.4 Å². The lowest BCUT2D eigenvalue weighted by Crippen LogP contribution is -2.53. The molecule has 1 saturated heterocycles. The van der Waals surface area contributed by atoms with E-state index < -0.39 is 10.0 Å². The second-order valence-electron chi connectivity index (χ2n) is 5.40. The standard InChI is InChI=1S/C13H23N5O2S/c1-4-14-13-15-8-12(9-16-13)21(19,20)17-18-10(2)6-5-7-11(18)3/h8-11,17H,4-7H2,1-3H3,(H,14,15,16). The van der Waals surface area contributed by atoms with Crippen molar-refractivity contribution in [1.82, 2.24) is 19.8 Å². The van der Waals surface area contributed by atoms with E-state index in [4.69, 9.17) is 0 Å². The summed E-state index contributed by atoms with van der Waals surface area (Å²) in [6, 6.07) is 0.371. The number of sulfonamides is 1. The van der Waals surface area contributed by atoms with Crippen LogP contribution in [0, 0.1) is 0 Å². The third kappa shape index (κ3) is 3.90. The molecule has 0 radical (unpaired) electrons. The summed E-state index contributed by atoms with van der Waals surface area (Å²) in [5, 5.41) is 4.75. The number of piperidine rings is 1. The fraction of sp³-hybridized carbons (Fsp3) is 0.692. The van der Waals surface area contributed by atoms with E-state index in [1.165, 1.54) is 12.4 Å². The first-order valence-electron chi connectivity index (χ1n) is 7.30. The molecule has 2 N–H and O–H groups in total. The SMILES string of the molecule is CCNc1ncc(S(=O)(=O)NN2C(C)CCCC2C)cn1. The van der Waals surface area contributed by atoms with Gasteiger partial charge in [0.1, 0.15) is 4.90 Å². The summed E-state index contributed by atoms with van der Waals surface area (Å²) in [6.45, 7) is 6.67. The fourth-order valence-electron chi connectivity index (χ4n) is 2.50. The van der Waals surface area contributed by atoms with Crippen LogP contribution in [0.5, 0.6) is 0 Å². The average molecular weight is 313 g/mol. The van der Waals surface area contributed by atoms with E-state index in [2.05, 4.69) is 20.1 Å². The Bertz CT molecular complexity index is 550. The summed E-state index contributed by atoms with van der Waals surface area (Å²) >= 11 is 0. The number of rotatable bonds is 5. The first-order valence-corrected chi connectivity index (χ1v) is 8.79. The molecule has 0 aromatic carbocycles. The van der Waals surface area contributed by atoms with Gasteiger partial charge in [-0.25, -0.2) is 23.4 Å². The molecule has 1 aromatic rings. The molecule has 1 aliphatic rings. The van der Waals surface area contributed by atoms with Crippen molar-refractivity contribution >= 4 is 16.0 Å². The Morgan fingerprint density at radius 2 is 1.81 bits per heavy atom. The highest BCUT2D eigenvalue weighted by Gasteiger charge is 2.29. The lowest BCUT2D eigenvalue weighted by molar-refractivity contribution is 0.0790. The highest BCUT2D eigenvalue weighted by molar-refractivity contribution is 7.89. The van der Waals surface area contributed by atoms with Crippen LogP contribution >= 0.6 is 0 Å². The van der Waals surface area contributed by atoms with E-state index in [1.54, 1.807) is 0 Å². The Labute approximate surface area is 126 Å². The molecule has 7 nitrogen and oxygen atoms in total. The molecule has 2 heterocycles. The molecule has 1 aliphatic heterocycles. The van der Waals surface area contributed by atoms with Crippen LogP contribution in [0.2, 0.25) is 0 Å². The summed E-state index contributed by atoms with van der Waals surface area (Å²) < 4.78 is 24.8. The summed E-state index contributed by atoms with van der Waals surface area (Å²) in [4.78, 5) is 10.8. The Balaban J connectivity index is 2.13. The van der Waals surface area contributed by atoms with E-state index in [9.17, 15) is 8.42 Å². The maximum absolute atomic E-state index is 12.4. The van der Waals surface area contributed by atoms with Crippen LogP contribution in [0.15, 0.2) is 17.3 Å². The molecule has 2 atom stereocenters. The van der Waals surface area contributed by atoms with Crippen molar-refractivity contribution < 1.29 is 8.42 Å². The Kier molecular flexibility index (Phi) is 5.13. The van der Waals surface area contributed by atoms with Gasteiger partial charge in [-0.15, -0.1) is 4.83 Å². The molecule has 21 heavy (non-hydrogen) atoms. The third-order valence-electron chi connectivity index (χ3n) is 3.69. The normalized spacial score (nSPS) is 24.0. The van der Waals surface area contributed by atoms with E-state index in [1.807, 2.05) is 25.8 Å². The first-order chi connectivity index (χ1) is 9.94. The topological polar surface area (TPSA) is 87.2 Å². The minimum Gasteiger partial charge on any atom is -0.355 e. The van der Waals surface area contributed by atoms with Gasteiger partial charge in [0.05, 0.1) is 12.4 Å². The van der Waals surface area contributed by atoms with Crippen molar-refractivity contribution in [2.24, 2.45) is 0 Å². The van der Waals surface area contributed by atoms with Crippen molar-refractivity contribution in [2.75, 3.05) is 11.9 Å². The Hall–Kier alpha value is -1.25. The second-order valence-corrected chi connectivity index (χ2v) is 7.06. The lowest BCUT2D eigenvalue weighted by Gasteiger charge is -2.38. The van der Waals surface area contributed by atoms with E-state index in [-0.39, 0.29) is 17.0 Å². The number of hydrogen-bond acceptors (Lipinski definition) is 6. The highest BCUT2D eigenvalue weighted by atomic mass is 32.2. The lowest BCUT2D eigenvalue weighted by atomic mass is 10.0. The van der Waals surface area contributed by atoms with Gasteiger partial charge in [-0.1, -0.05) is 6.42 Å². The predicted octanol–water partition coefficient (Wildman–Crippen LogP) is 1.36. The molecule has 0 saturated carbocycles. The summed E-state index contributed by atoms with van der Waals surface area (Å²) in [5.41, 5.74) is 0. The zero-order chi connectivity index (χ0) is 15.5. The maximum Gasteiger partial charge on any atom is 0.256 e. The second kappa shape index (κ2) is 6.67. The summed E-state index contributed by atoms with van der Waals surface area (Å²) in [5.74, 6) is 0.427. The number of hydrazine groups is 1. The maximum atomic E-state index is 12.4. The van der Waals surface area contributed by atoms with Gasteiger partial charge < -0.3 is 5.32 Å². The molecule has 8 heteroatoms. The minimum absolute atomic E-state index is 0.0779. The van der Waals surface area contributed by atoms with E-state index >= 15 is 0 Å². The monoisotopic (exact) mass is 313 g/mol. The zero-order valence-electron chi connectivity index (χ0n) is 12.7. The molecule has 2 unspecified atom stereocenters. The molecule has 1 fully saturated rings. The Morgan fingerprint density at radius 3 is 2.33 bits per heavy atom. The third-order valence-corrected chi connectivity index (χ3v) is 4.98. The van der Waals surface area contributed by atoms with Crippen LogP contribution < -0.4 is 10.1 Å². The van der Waals surface area contributed by atoms with Gasteiger partial charge in [0.25, 0.3) is 10.0 Å². The molecule has 0 amide bonds. The van der Waals surface area contributed by atoms with Gasteiger partial charge in [0.2, 0.25) is 5.95 Å². The van der Waals surface area contributed by atoms with Crippen LogP contribution in [0.4, 0.5) is 5.95 Å². The quantitative estimate of drug-likeness (QED) is 0.853. The van der Waals surface area contributed by atoms with Gasteiger partial charge in [0.15, 0.2) is 0 Å². The van der Waals surface area contributed by atoms with Crippen molar-refractivity contribution in [3.63, 3.8) is 0 Å². The predicted molar refractivity (Wildman–Crippen MR) is 81.1 cm³/mol. The first kappa shape index (κ1) is 16.1. The average Bonchev–Trinajstić information content (AvgIpc) is 2.44. The van der Waals surface area contributed by atoms with Crippen LogP contribution in [-0.4, -0.2) is 42.0 Å². The van der Waals surface area contributed by atoms with Crippen LogP contribution in [0.1, 0.15) is 40.0 Å². The molecule has 0 aliphatic carbocycles. The molecule has 2 rings (SSSR count). The fourth-order valence-corrected chi connectivity index (χ4v) is 3.62. The number of anilines is 1. The van der Waals surface area contributed by atoms with Gasteiger partial charge in [-0.05, 0) is 33.6 Å². The smallest absolute Gasteiger partial charge is 0.256 e. The molecular formula is C13H23N5O2S. The van der Waals surface area contributed by atoms with Gasteiger partial charge >= 0.3 is 0 Å². The number of nitrogens with zero attached hydrogens (tertiary/aromatic N) is 3. The number of nitrogens with one attached hydrogen (secondary N) is 2. The van der Waals surface area contributed by atoms with Crippen LogP contribution in [0.3, 0.4) is 0 Å². The zero-order valence-corrected chi connectivity index (χ0v) is 13.5. The van der Waals surface area contributed by atoms with Crippen molar-refractivity contribution in [2.45, 2.75) is 57.0 Å². The molecular weight excluding hydrogens is 290 g/mol. The minimum atomic E-state index is -3.63. The largest absolute Gasteiger partial charge is 0.355 e. The van der Waals surface area contributed by atoms with Gasteiger partial charge in [0, 0.05) is 18.6 Å². The van der Waals surface area contributed by atoms with E-state index in [0.717, 1.165) is 19.3 Å². The number of aromatic nitrogens is 2. The van der Waals surface area contributed by atoms with E-state index in [0.29, 0.717) is 12.5 Å². The Morgan fingerprint density at radius 1 is 1.24 bits per heavy atom.